The van der Waals surface area contributed by atoms with Crippen LogP contribution < -0.4 is 10.6 Å². The number of carbonyl (C=O) groups excluding carboxylic acids is 1. The second kappa shape index (κ2) is 4.37. The van der Waals surface area contributed by atoms with Crippen LogP contribution in [0.15, 0.2) is 12.7 Å². The number of hydrogen-bond acceptors (Lipinski definition) is 2. The molecule has 0 bridgehead atoms. The van der Waals surface area contributed by atoms with E-state index in [0.29, 0.717) is 0 Å². The van der Waals surface area contributed by atoms with Gasteiger partial charge in [0.05, 0.1) is 6.04 Å². The van der Waals surface area contributed by atoms with Crippen molar-refractivity contribution < 1.29 is 9.18 Å². The minimum absolute atomic E-state index is 0.0621. The maximum atomic E-state index is 12.7. The molecule has 1 saturated heterocycles. The summed E-state index contributed by atoms with van der Waals surface area (Å²) in [6.45, 7) is 5.65. The van der Waals surface area contributed by atoms with Gasteiger partial charge in [0.15, 0.2) is 0 Å². The lowest BCUT2D eigenvalue weighted by atomic mass is 10.2. The zero-order chi connectivity index (χ0) is 9.84. The predicted octanol–water partition coefficient (Wildman–Crippen LogP) is 0.377. The molecule has 4 heteroatoms. The van der Waals surface area contributed by atoms with Crippen molar-refractivity contribution in [3.05, 3.63) is 12.7 Å². The van der Waals surface area contributed by atoms with Crippen molar-refractivity contribution in [1.29, 1.82) is 0 Å². The molecule has 0 aromatic heterocycles. The van der Waals surface area contributed by atoms with Crippen LogP contribution >= 0.6 is 0 Å². The lowest BCUT2D eigenvalue weighted by Crippen LogP contribution is -2.43. The van der Waals surface area contributed by atoms with Crippen LogP contribution in [0, 0.1) is 0 Å². The van der Waals surface area contributed by atoms with E-state index in [1.54, 1.807) is 6.08 Å². The molecule has 1 fully saturated rings. The Morgan fingerprint density at radius 1 is 1.85 bits per heavy atom. The van der Waals surface area contributed by atoms with Gasteiger partial charge in [0.25, 0.3) is 0 Å². The Bertz CT molecular complexity index is 208. The van der Waals surface area contributed by atoms with Crippen LogP contribution in [0.25, 0.3) is 0 Å². The lowest BCUT2D eigenvalue weighted by Gasteiger charge is -2.13. The summed E-state index contributed by atoms with van der Waals surface area (Å²) in [4.78, 5) is 11.4. The first-order chi connectivity index (χ1) is 6.13. The zero-order valence-electron chi connectivity index (χ0n) is 7.72. The number of carbonyl (C=O) groups is 1. The third kappa shape index (κ3) is 2.81. The van der Waals surface area contributed by atoms with Gasteiger partial charge in [0.1, 0.15) is 6.17 Å². The van der Waals surface area contributed by atoms with Gasteiger partial charge in [-0.2, -0.15) is 0 Å². The van der Waals surface area contributed by atoms with E-state index >= 15 is 0 Å². The Morgan fingerprint density at radius 2 is 2.54 bits per heavy atom. The first kappa shape index (κ1) is 10.2. The van der Waals surface area contributed by atoms with Crippen molar-refractivity contribution in [2.75, 3.05) is 6.54 Å². The number of hydrogen-bond donors (Lipinski definition) is 2. The molecule has 1 aliphatic heterocycles. The van der Waals surface area contributed by atoms with Crippen LogP contribution in [0.5, 0.6) is 0 Å². The normalized spacial score (nSPS) is 29.7. The number of nitrogens with one attached hydrogen (secondary N) is 2. The third-order valence-electron chi connectivity index (χ3n) is 2.12. The van der Waals surface area contributed by atoms with Gasteiger partial charge in [-0.3, -0.25) is 4.79 Å². The summed E-state index contributed by atoms with van der Waals surface area (Å²) < 4.78 is 12.7. The fourth-order valence-corrected chi connectivity index (χ4v) is 1.28. The van der Waals surface area contributed by atoms with Gasteiger partial charge in [-0.1, -0.05) is 6.08 Å². The maximum absolute atomic E-state index is 12.7. The highest BCUT2D eigenvalue weighted by Crippen LogP contribution is 2.09. The topological polar surface area (TPSA) is 41.1 Å². The molecule has 0 aromatic rings. The van der Waals surface area contributed by atoms with E-state index in [9.17, 15) is 9.18 Å². The summed E-state index contributed by atoms with van der Waals surface area (Å²) in [5.74, 6) is -0.146. The summed E-state index contributed by atoms with van der Waals surface area (Å²) in [5, 5.41) is 5.52. The molecule has 0 aromatic carbocycles. The molecule has 1 unspecified atom stereocenters. The Balaban J connectivity index is 2.35. The molecule has 1 heterocycles. The van der Waals surface area contributed by atoms with E-state index in [4.69, 9.17) is 0 Å². The van der Waals surface area contributed by atoms with Crippen LogP contribution in [0.4, 0.5) is 4.39 Å². The molecule has 3 atom stereocenters. The Morgan fingerprint density at radius 3 is 3.00 bits per heavy atom. The maximum Gasteiger partial charge on any atom is 0.237 e. The molecule has 0 saturated carbocycles. The van der Waals surface area contributed by atoms with Crippen molar-refractivity contribution >= 4 is 5.91 Å². The van der Waals surface area contributed by atoms with Crippen LogP contribution in [-0.4, -0.2) is 30.7 Å². The van der Waals surface area contributed by atoms with Crippen LogP contribution in [-0.2, 0) is 4.79 Å². The Hall–Kier alpha value is -0.900. The summed E-state index contributed by atoms with van der Waals surface area (Å²) in [7, 11) is 0. The molecule has 3 nitrogen and oxygen atoms in total. The highest BCUT2D eigenvalue weighted by molar-refractivity contribution is 5.82. The van der Waals surface area contributed by atoms with E-state index < -0.39 is 6.17 Å². The van der Waals surface area contributed by atoms with Gasteiger partial charge in [-0.05, 0) is 6.92 Å². The van der Waals surface area contributed by atoms with E-state index in [2.05, 4.69) is 17.2 Å². The minimum Gasteiger partial charge on any atom is -0.349 e. The fourth-order valence-electron chi connectivity index (χ4n) is 1.28. The molecular weight excluding hydrogens is 171 g/mol. The fraction of sp³-hybridized carbons (Fsp3) is 0.667. The van der Waals surface area contributed by atoms with Gasteiger partial charge in [0.2, 0.25) is 5.91 Å². The molecule has 1 aliphatic rings. The number of amides is 1. The van der Waals surface area contributed by atoms with Gasteiger partial charge in [0, 0.05) is 19.0 Å². The molecule has 1 amide bonds. The monoisotopic (exact) mass is 186 g/mol. The second-order valence-corrected chi connectivity index (χ2v) is 3.33. The van der Waals surface area contributed by atoms with E-state index in [1.165, 1.54) is 0 Å². The minimum atomic E-state index is -0.894. The largest absolute Gasteiger partial charge is 0.349 e. The number of alkyl halides is 1. The molecule has 74 valence electrons. The predicted molar refractivity (Wildman–Crippen MR) is 49.1 cm³/mol. The average Bonchev–Trinajstić information content (AvgIpc) is 2.51. The summed E-state index contributed by atoms with van der Waals surface area (Å²) in [6.07, 6.45) is 1.02. The van der Waals surface area contributed by atoms with Gasteiger partial charge >= 0.3 is 0 Å². The Kier molecular flexibility index (Phi) is 3.42. The van der Waals surface area contributed by atoms with Crippen LogP contribution in [0.2, 0.25) is 0 Å². The zero-order valence-corrected chi connectivity index (χ0v) is 7.72. The SMILES string of the molecule is C=CC(C)NC(=O)[C@@H]1C[C@@H](F)CN1. The highest BCUT2D eigenvalue weighted by atomic mass is 19.1. The summed E-state index contributed by atoms with van der Waals surface area (Å²) in [5.41, 5.74) is 0. The molecule has 1 rings (SSSR count). The number of rotatable bonds is 3. The van der Waals surface area contributed by atoms with Crippen molar-refractivity contribution in [3.8, 4) is 0 Å². The quantitative estimate of drug-likeness (QED) is 0.625. The van der Waals surface area contributed by atoms with Crippen molar-refractivity contribution in [2.24, 2.45) is 0 Å². The average molecular weight is 186 g/mol. The lowest BCUT2D eigenvalue weighted by molar-refractivity contribution is -0.123. The van der Waals surface area contributed by atoms with E-state index in [1.807, 2.05) is 6.92 Å². The van der Waals surface area contributed by atoms with Gasteiger partial charge in [-0.15, -0.1) is 6.58 Å². The van der Waals surface area contributed by atoms with Crippen LogP contribution in [0.3, 0.4) is 0 Å². The smallest absolute Gasteiger partial charge is 0.237 e. The standard InChI is InChI=1S/C9H15FN2O/c1-3-6(2)12-9(13)8-4-7(10)5-11-8/h3,6-8,11H,1,4-5H2,2H3,(H,12,13)/t6?,7-,8+/m1/s1. The van der Waals surface area contributed by atoms with Gasteiger partial charge < -0.3 is 10.6 Å². The third-order valence-corrected chi connectivity index (χ3v) is 2.12. The second-order valence-electron chi connectivity index (χ2n) is 3.33. The van der Waals surface area contributed by atoms with Crippen LogP contribution in [0.1, 0.15) is 13.3 Å². The van der Waals surface area contributed by atoms with Crippen molar-refractivity contribution in [1.82, 2.24) is 10.6 Å². The molecule has 2 N–H and O–H groups in total. The first-order valence-corrected chi connectivity index (χ1v) is 4.44. The Labute approximate surface area is 77.4 Å². The summed E-state index contributed by atoms with van der Waals surface area (Å²) >= 11 is 0. The van der Waals surface area contributed by atoms with Crippen molar-refractivity contribution in [2.45, 2.75) is 31.6 Å². The highest BCUT2D eigenvalue weighted by Gasteiger charge is 2.29. The molecular formula is C9H15FN2O. The molecule has 13 heavy (non-hydrogen) atoms. The van der Waals surface area contributed by atoms with E-state index in [-0.39, 0.29) is 31.0 Å². The van der Waals surface area contributed by atoms with Gasteiger partial charge in [-0.25, -0.2) is 4.39 Å². The van der Waals surface area contributed by atoms with E-state index in [0.717, 1.165) is 0 Å². The molecule has 0 radical (unpaired) electrons. The molecule has 0 aliphatic carbocycles. The number of halogens is 1. The first-order valence-electron chi connectivity index (χ1n) is 4.44. The van der Waals surface area contributed by atoms with Crippen molar-refractivity contribution in [3.63, 3.8) is 0 Å². The summed E-state index contributed by atoms with van der Waals surface area (Å²) in [6, 6.07) is -0.439. The molecule has 0 spiro atoms.